The molecule has 1 aliphatic rings. The molecule has 0 amide bonds. The van der Waals surface area contributed by atoms with E-state index in [1.165, 1.54) is 0 Å². The van der Waals surface area contributed by atoms with Crippen molar-refractivity contribution in [2.75, 3.05) is 20.6 Å². The number of benzene rings is 1. The third-order valence-corrected chi connectivity index (χ3v) is 3.13. The number of hydrogen-bond acceptors (Lipinski definition) is 2. The Bertz CT molecular complexity index is 490. The van der Waals surface area contributed by atoms with Crippen molar-refractivity contribution in [2.24, 2.45) is 5.41 Å². The van der Waals surface area contributed by atoms with Gasteiger partial charge in [0.05, 0.1) is 0 Å². The first-order valence-electron chi connectivity index (χ1n) is 6.16. The van der Waals surface area contributed by atoms with Crippen molar-refractivity contribution in [1.82, 2.24) is 4.90 Å². The second-order valence-electron chi connectivity index (χ2n) is 5.20. The minimum atomic E-state index is -2.69. The van der Waals surface area contributed by atoms with Gasteiger partial charge in [0.1, 0.15) is 18.1 Å². The Labute approximate surface area is 112 Å². The summed E-state index contributed by atoms with van der Waals surface area (Å²) >= 11 is 0. The van der Waals surface area contributed by atoms with Crippen LogP contribution in [0.1, 0.15) is 12.0 Å². The Morgan fingerprint density at radius 2 is 1.89 bits per heavy atom. The number of ether oxygens (including phenoxy) is 1. The average Bonchev–Trinajstić information content (AvgIpc) is 2.87. The molecule has 0 unspecified atom stereocenters. The van der Waals surface area contributed by atoms with Crippen LogP contribution in [0.25, 0.3) is 0 Å². The average molecular weight is 265 g/mol. The highest BCUT2D eigenvalue weighted by atomic mass is 19.3. The summed E-state index contributed by atoms with van der Waals surface area (Å²) in [6.45, 7) is 0.569. The fourth-order valence-corrected chi connectivity index (χ4v) is 2.05. The van der Waals surface area contributed by atoms with Crippen molar-refractivity contribution in [3.63, 3.8) is 0 Å². The van der Waals surface area contributed by atoms with Crippen LogP contribution in [0.4, 0.5) is 8.78 Å². The molecule has 1 aromatic rings. The van der Waals surface area contributed by atoms with Crippen molar-refractivity contribution < 1.29 is 13.5 Å². The Balaban J connectivity index is 1.92. The lowest BCUT2D eigenvalue weighted by atomic mass is 10.1. The van der Waals surface area contributed by atoms with E-state index in [2.05, 4.69) is 12.0 Å². The molecule has 1 atom stereocenters. The largest absolute Gasteiger partial charge is 0.442 e. The molecule has 0 spiro atoms. The van der Waals surface area contributed by atoms with Gasteiger partial charge in [0.2, 0.25) is 0 Å². The first-order valence-corrected chi connectivity index (χ1v) is 6.16. The standard InChI is InChI=1S/C15H17F2NO/c1-18(2)12-14(11-15(14,16)17)8-9-19-10-13-6-4-3-5-7-13/h3-7H,10-12H2,1-2H3/t14-/m1/s1. The highest BCUT2D eigenvalue weighted by Crippen LogP contribution is 2.60. The number of alkyl halides is 2. The van der Waals surface area contributed by atoms with Gasteiger partial charge in [-0.25, -0.2) is 8.78 Å². The van der Waals surface area contributed by atoms with Gasteiger partial charge in [-0.15, -0.1) is 0 Å². The zero-order chi connectivity index (χ0) is 13.9. The number of nitrogens with zero attached hydrogens (tertiary/aromatic N) is 1. The van der Waals surface area contributed by atoms with Crippen LogP contribution in [-0.4, -0.2) is 31.5 Å². The molecular weight excluding hydrogens is 248 g/mol. The lowest BCUT2D eigenvalue weighted by Gasteiger charge is -2.15. The van der Waals surface area contributed by atoms with E-state index in [-0.39, 0.29) is 13.0 Å². The van der Waals surface area contributed by atoms with E-state index in [4.69, 9.17) is 4.74 Å². The van der Waals surface area contributed by atoms with Gasteiger partial charge in [0.15, 0.2) is 0 Å². The topological polar surface area (TPSA) is 12.5 Å². The van der Waals surface area contributed by atoms with Gasteiger partial charge in [-0.05, 0) is 25.6 Å². The summed E-state index contributed by atoms with van der Waals surface area (Å²) in [5.41, 5.74) is -0.256. The maximum atomic E-state index is 13.4. The van der Waals surface area contributed by atoms with E-state index in [0.717, 1.165) is 5.56 Å². The lowest BCUT2D eigenvalue weighted by molar-refractivity contribution is 0.0728. The summed E-state index contributed by atoms with van der Waals surface area (Å²) in [7, 11) is 3.53. The number of hydrogen-bond donors (Lipinski definition) is 0. The highest BCUT2D eigenvalue weighted by Gasteiger charge is 2.71. The van der Waals surface area contributed by atoms with E-state index >= 15 is 0 Å². The number of halogens is 2. The molecule has 102 valence electrons. The molecule has 19 heavy (non-hydrogen) atoms. The SMILES string of the molecule is CN(C)C[C@@]1(C#COCc2ccccc2)CC1(F)F. The Morgan fingerprint density at radius 3 is 2.42 bits per heavy atom. The lowest BCUT2D eigenvalue weighted by Crippen LogP contribution is -2.26. The summed E-state index contributed by atoms with van der Waals surface area (Å²) in [5, 5.41) is 0. The second-order valence-corrected chi connectivity index (χ2v) is 5.20. The highest BCUT2D eigenvalue weighted by molar-refractivity contribution is 5.28. The Hall–Kier alpha value is -1.60. The van der Waals surface area contributed by atoms with E-state index in [9.17, 15) is 8.78 Å². The van der Waals surface area contributed by atoms with Crippen LogP contribution in [0.15, 0.2) is 30.3 Å². The van der Waals surface area contributed by atoms with E-state index in [1.807, 2.05) is 30.3 Å². The first kappa shape index (κ1) is 13.8. The van der Waals surface area contributed by atoms with E-state index in [0.29, 0.717) is 6.61 Å². The van der Waals surface area contributed by atoms with Crippen molar-refractivity contribution in [1.29, 1.82) is 0 Å². The molecule has 0 aliphatic heterocycles. The molecular formula is C15H17F2NO. The molecule has 0 saturated heterocycles. The third kappa shape index (κ3) is 3.24. The molecule has 0 bridgehead atoms. The molecule has 0 radical (unpaired) electrons. The van der Waals surface area contributed by atoms with Gasteiger partial charge in [0.25, 0.3) is 5.92 Å². The van der Waals surface area contributed by atoms with Crippen LogP contribution >= 0.6 is 0 Å². The molecule has 1 saturated carbocycles. The van der Waals surface area contributed by atoms with Crippen molar-refractivity contribution in [3.8, 4) is 12.0 Å². The molecule has 1 aliphatic carbocycles. The van der Waals surface area contributed by atoms with E-state index in [1.54, 1.807) is 19.0 Å². The molecule has 2 rings (SSSR count). The minimum Gasteiger partial charge on any atom is -0.442 e. The van der Waals surface area contributed by atoms with Crippen LogP contribution in [0, 0.1) is 17.4 Å². The van der Waals surface area contributed by atoms with Crippen molar-refractivity contribution >= 4 is 0 Å². The van der Waals surface area contributed by atoms with Gasteiger partial charge in [0, 0.05) is 13.0 Å². The van der Waals surface area contributed by atoms with Crippen LogP contribution in [-0.2, 0) is 11.3 Å². The van der Waals surface area contributed by atoms with Crippen LogP contribution in [0.3, 0.4) is 0 Å². The molecule has 0 aromatic heterocycles. The summed E-state index contributed by atoms with van der Waals surface area (Å²) < 4.78 is 31.9. The van der Waals surface area contributed by atoms with Gasteiger partial charge in [-0.1, -0.05) is 30.3 Å². The summed E-state index contributed by atoms with van der Waals surface area (Å²) in [5.74, 6) is -0.0960. The predicted octanol–water partition coefficient (Wildman–Crippen LogP) is 2.75. The summed E-state index contributed by atoms with van der Waals surface area (Å²) in [4.78, 5) is 1.73. The fraction of sp³-hybridized carbons (Fsp3) is 0.467. The smallest absolute Gasteiger partial charge is 0.267 e. The van der Waals surface area contributed by atoms with Crippen LogP contribution < -0.4 is 0 Å². The Morgan fingerprint density at radius 1 is 1.26 bits per heavy atom. The molecule has 1 aromatic carbocycles. The normalized spacial score (nSPS) is 23.6. The maximum absolute atomic E-state index is 13.4. The minimum absolute atomic E-state index is 0.181. The monoisotopic (exact) mass is 265 g/mol. The van der Waals surface area contributed by atoms with Gasteiger partial charge in [-0.2, -0.15) is 0 Å². The van der Waals surface area contributed by atoms with Gasteiger partial charge in [-0.3, -0.25) is 0 Å². The third-order valence-electron chi connectivity index (χ3n) is 3.13. The molecule has 0 N–H and O–H groups in total. The van der Waals surface area contributed by atoms with Crippen LogP contribution in [0.5, 0.6) is 0 Å². The van der Waals surface area contributed by atoms with Crippen LogP contribution in [0.2, 0.25) is 0 Å². The first-order chi connectivity index (χ1) is 8.95. The molecule has 2 nitrogen and oxygen atoms in total. The Kier molecular flexibility index (Phi) is 3.77. The molecule has 0 heterocycles. The summed E-state index contributed by atoms with van der Waals surface area (Å²) in [6.07, 6.45) is 2.26. The zero-order valence-corrected chi connectivity index (χ0v) is 11.1. The second kappa shape index (κ2) is 5.18. The predicted molar refractivity (Wildman–Crippen MR) is 69.6 cm³/mol. The van der Waals surface area contributed by atoms with Gasteiger partial charge < -0.3 is 9.64 Å². The zero-order valence-electron chi connectivity index (χ0n) is 11.1. The molecule has 4 heteroatoms. The van der Waals surface area contributed by atoms with E-state index < -0.39 is 11.3 Å². The van der Waals surface area contributed by atoms with Gasteiger partial charge >= 0.3 is 0 Å². The van der Waals surface area contributed by atoms with Crippen molar-refractivity contribution in [3.05, 3.63) is 35.9 Å². The maximum Gasteiger partial charge on any atom is 0.267 e. The summed E-state index contributed by atoms with van der Waals surface area (Å²) in [6, 6.07) is 9.52. The quantitative estimate of drug-likeness (QED) is 0.776. The van der Waals surface area contributed by atoms with Crippen molar-refractivity contribution in [2.45, 2.75) is 19.0 Å². The molecule has 1 fully saturated rings. The fourth-order valence-electron chi connectivity index (χ4n) is 2.05. The number of rotatable bonds is 4.